The maximum atomic E-state index is 12.7. The van der Waals surface area contributed by atoms with Crippen LogP contribution in [0.4, 0.5) is 0 Å². The monoisotopic (exact) mass is 348 g/mol. The number of piperidine rings is 1. The van der Waals surface area contributed by atoms with E-state index in [4.69, 9.17) is 11.6 Å². The first-order valence-electron chi connectivity index (χ1n) is 8.25. The van der Waals surface area contributed by atoms with Crippen molar-refractivity contribution < 1.29 is 9.90 Å². The minimum Gasteiger partial charge on any atom is -0.396 e. The zero-order valence-corrected chi connectivity index (χ0v) is 14.4. The maximum absolute atomic E-state index is 12.7. The van der Waals surface area contributed by atoms with Crippen LogP contribution in [-0.4, -0.2) is 50.4 Å². The third-order valence-corrected chi connectivity index (χ3v) is 4.65. The lowest BCUT2D eigenvalue weighted by Gasteiger charge is -2.30. The second-order valence-electron chi connectivity index (χ2n) is 6.01. The molecule has 6 nitrogen and oxygen atoms in total. The summed E-state index contributed by atoms with van der Waals surface area (Å²) >= 11 is 6.25. The van der Waals surface area contributed by atoms with Crippen LogP contribution in [0, 0.1) is 5.92 Å². The first-order valence-corrected chi connectivity index (χ1v) is 8.62. The molecule has 1 aromatic carbocycles. The van der Waals surface area contributed by atoms with Gasteiger partial charge in [-0.2, -0.15) is 0 Å². The molecule has 1 amide bonds. The normalized spacial score (nSPS) is 18.0. The predicted octanol–water partition coefficient (Wildman–Crippen LogP) is 2.33. The van der Waals surface area contributed by atoms with Crippen molar-refractivity contribution in [2.24, 2.45) is 5.92 Å². The van der Waals surface area contributed by atoms with Crippen molar-refractivity contribution >= 4 is 17.5 Å². The van der Waals surface area contributed by atoms with Gasteiger partial charge in [0.1, 0.15) is 5.82 Å². The molecule has 1 saturated heterocycles. The Kier molecular flexibility index (Phi) is 5.16. The van der Waals surface area contributed by atoms with E-state index in [1.54, 1.807) is 15.6 Å². The van der Waals surface area contributed by atoms with Gasteiger partial charge in [0.15, 0.2) is 0 Å². The van der Waals surface area contributed by atoms with Gasteiger partial charge in [-0.15, -0.1) is 5.10 Å². The van der Waals surface area contributed by atoms with Gasteiger partial charge in [0.2, 0.25) is 5.82 Å². The number of carbonyl (C=O) groups excluding carboxylic acids is 1. The van der Waals surface area contributed by atoms with E-state index in [2.05, 4.69) is 10.1 Å². The largest absolute Gasteiger partial charge is 0.396 e. The number of hydrogen-bond donors (Lipinski definition) is 1. The topological polar surface area (TPSA) is 71.2 Å². The minimum atomic E-state index is -0.186. The highest BCUT2D eigenvalue weighted by molar-refractivity contribution is 6.32. The fourth-order valence-corrected chi connectivity index (χ4v) is 3.24. The summed E-state index contributed by atoms with van der Waals surface area (Å²) in [6.07, 6.45) is 2.48. The lowest BCUT2D eigenvalue weighted by molar-refractivity contribution is 0.0609. The van der Waals surface area contributed by atoms with Gasteiger partial charge in [-0.05, 0) is 30.9 Å². The smallest absolute Gasteiger partial charge is 0.293 e. The molecule has 1 aromatic heterocycles. The van der Waals surface area contributed by atoms with Gasteiger partial charge in [0.05, 0.1) is 10.7 Å². The molecule has 3 rings (SSSR count). The summed E-state index contributed by atoms with van der Waals surface area (Å²) in [7, 11) is 0. The van der Waals surface area contributed by atoms with E-state index in [-0.39, 0.29) is 24.3 Å². The van der Waals surface area contributed by atoms with Crippen molar-refractivity contribution in [1.29, 1.82) is 0 Å². The van der Waals surface area contributed by atoms with Gasteiger partial charge in [-0.1, -0.05) is 30.7 Å². The van der Waals surface area contributed by atoms with Gasteiger partial charge in [0, 0.05) is 26.1 Å². The van der Waals surface area contributed by atoms with Crippen molar-refractivity contribution in [2.45, 2.75) is 26.2 Å². The summed E-state index contributed by atoms with van der Waals surface area (Å²) in [6.45, 7) is 3.30. The summed E-state index contributed by atoms with van der Waals surface area (Å²) in [6, 6.07) is 7.37. The number of nitrogens with zero attached hydrogens (tertiary/aromatic N) is 4. The van der Waals surface area contributed by atoms with Crippen LogP contribution in [0.3, 0.4) is 0 Å². The average molecular weight is 349 g/mol. The first-order chi connectivity index (χ1) is 11.6. The summed E-state index contributed by atoms with van der Waals surface area (Å²) in [5, 5.41) is 14.3. The Morgan fingerprint density at radius 1 is 1.42 bits per heavy atom. The van der Waals surface area contributed by atoms with E-state index < -0.39 is 0 Å². The molecule has 1 N–H and O–H groups in total. The molecule has 128 valence electrons. The lowest BCUT2D eigenvalue weighted by Crippen LogP contribution is -2.41. The maximum Gasteiger partial charge on any atom is 0.293 e. The molecule has 1 aliphatic rings. The number of amides is 1. The van der Waals surface area contributed by atoms with E-state index in [0.29, 0.717) is 30.4 Å². The van der Waals surface area contributed by atoms with E-state index >= 15 is 0 Å². The number of aryl methyl sites for hydroxylation is 1. The Morgan fingerprint density at radius 3 is 2.92 bits per heavy atom. The number of aliphatic hydroxyl groups excluding tert-OH is 1. The van der Waals surface area contributed by atoms with Crippen LogP contribution in [0.2, 0.25) is 5.02 Å². The molecule has 1 unspecified atom stereocenters. The summed E-state index contributed by atoms with van der Waals surface area (Å²) in [4.78, 5) is 18.9. The zero-order chi connectivity index (χ0) is 17.1. The molecule has 0 saturated carbocycles. The highest BCUT2D eigenvalue weighted by atomic mass is 35.5. The minimum absolute atomic E-state index is 0.103. The molecule has 24 heavy (non-hydrogen) atoms. The molecule has 1 aliphatic heterocycles. The molecule has 1 atom stereocenters. The average Bonchev–Trinajstić information content (AvgIpc) is 3.05. The van der Waals surface area contributed by atoms with Crippen LogP contribution in [0.5, 0.6) is 0 Å². The lowest BCUT2D eigenvalue weighted by atomic mass is 9.99. The number of carbonyl (C=O) groups is 1. The van der Waals surface area contributed by atoms with Crippen LogP contribution in [0.1, 0.15) is 36.2 Å². The molecule has 0 aliphatic carbocycles. The van der Waals surface area contributed by atoms with E-state index in [0.717, 1.165) is 18.5 Å². The highest BCUT2D eigenvalue weighted by Crippen LogP contribution is 2.22. The number of benzene rings is 1. The Hall–Kier alpha value is -1.92. The molecule has 7 heteroatoms. The molecule has 0 spiro atoms. The Labute approximate surface area is 146 Å². The van der Waals surface area contributed by atoms with Crippen molar-refractivity contribution in [1.82, 2.24) is 19.7 Å². The molecular weight excluding hydrogens is 328 g/mol. The van der Waals surface area contributed by atoms with Crippen molar-refractivity contribution in [3.8, 4) is 5.69 Å². The number of hydrogen-bond acceptors (Lipinski definition) is 4. The SMILES string of the molecule is CCc1nc(C(=O)N2CCCC(CO)C2)nn1-c1ccccc1Cl. The molecule has 2 heterocycles. The standard InChI is InChI=1S/C17H21ClN4O2/c1-2-15-19-16(17(24)21-9-5-6-12(10-21)11-23)20-22(15)14-8-4-3-7-13(14)18/h3-4,7-8,12,23H,2,5-6,9-11H2,1H3. The quantitative estimate of drug-likeness (QED) is 0.920. The fraction of sp³-hybridized carbons (Fsp3) is 0.471. The van der Waals surface area contributed by atoms with Crippen LogP contribution in [-0.2, 0) is 6.42 Å². The van der Waals surface area contributed by atoms with Crippen LogP contribution >= 0.6 is 11.6 Å². The van der Waals surface area contributed by atoms with Gasteiger partial charge >= 0.3 is 0 Å². The number of rotatable bonds is 4. The zero-order valence-electron chi connectivity index (χ0n) is 13.7. The van der Waals surface area contributed by atoms with Crippen molar-refractivity contribution in [3.63, 3.8) is 0 Å². The van der Waals surface area contributed by atoms with Crippen molar-refractivity contribution in [2.75, 3.05) is 19.7 Å². The number of halogens is 1. The van der Waals surface area contributed by atoms with Gasteiger partial charge in [-0.25, -0.2) is 9.67 Å². The molecule has 0 radical (unpaired) electrons. The Bertz CT molecular complexity index is 731. The van der Waals surface area contributed by atoms with Crippen LogP contribution in [0.25, 0.3) is 5.69 Å². The summed E-state index contributed by atoms with van der Waals surface area (Å²) < 4.78 is 1.64. The number of likely N-dealkylation sites (tertiary alicyclic amines) is 1. The number of para-hydroxylation sites is 1. The first kappa shape index (κ1) is 16.9. The Balaban J connectivity index is 1.90. The van der Waals surface area contributed by atoms with Crippen LogP contribution < -0.4 is 0 Å². The van der Waals surface area contributed by atoms with E-state index in [9.17, 15) is 9.90 Å². The third kappa shape index (κ3) is 3.30. The van der Waals surface area contributed by atoms with Crippen LogP contribution in [0.15, 0.2) is 24.3 Å². The summed E-state index contributed by atoms with van der Waals surface area (Å²) in [5.41, 5.74) is 0.717. The summed E-state index contributed by atoms with van der Waals surface area (Å²) in [5.74, 6) is 0.833. The van der Waals surface area contributed by atoms with E-state index in [1.807, 2.05) is 25.1 Å². The molecular formula is C17H21ClN4O2. The fourth-order valence-electron chi connectivity index (χ4n) is 3.02. The Morgan fingerprint density at radius 2 is 2.21 bits per heavy atom. The highest BCUT2D eigenvalue weighted by Gasteiger charge is 2.27. The van der Waals surface area contributed by atoms with Gasteiger partial charge in [-0.3, -0.25) is 4.79 Å². The van der Waals surface area contributed by atoms with Gasteiger partial charge in [0.25, 0.3) is 5.91 Å². The second-order valence-corrected chi connectivity index (χ2v) is 6.42. The predicted molar refractivity (Wildman–Crippen MR) is 91.5 cm³/mol. The second kappa shape index (κ2) is 7.32. The number of aromatic nitrogens is 3. The van der Waals surface area contributed by atoms with Gasteiger partial charge < -0.3 is 10.0 Å². The number of aliphatic hydroxyl groups is 1. The third-order valence-electron chi connectivity index (χ3n) is 4.33. The van der Waals surface area contributed by atoms with E-state index in [1.165, 1.54) is 0 Å². The molecule has 0 bridgehead atoms. The molecule has 2 aromatic rings. The van der Waals surface area contributed by atoms with Crippen molar-refractivity contribution in [3.05, 3.63) is 40.9 Å². The molecule has 1 fully saturated rings.